The predicted octanol–water partition coefficient (Wildman–Crippen LogP) is 6.34. The number of halogens is 3. The highest BCUT2D eigenvalue weighted by atomic mass is 19.4. The zero-order valence-corrected chi connectivity index (χ0v) is 21.4. The first kappa shape index (κ1) is 26.3. The highest BCUT2D eigenvalue weighted by molar-refractivity contribution is 5.89. The molecule has 194 valence electrons. The molecule has 1 fully saturated rings. The van der Waals surface area contributed by atoms with E-state index in [0.29, 0.717) is 18.2 Å². The Labute approximate surface area is 211 Å². The van der Waals surface area contributed by atoms with Crippen molar-refractivity contribution >= 4 is 16.7 Å². The lowest BCUT2D eigenvalue weighted by Gasteiger charge is -2.28. The molecule has 0 unspecified atom stereocenters. The van der Waals surface area contributed by atoms with Crippen LogP contribution in [0.15, 0.2) is 36.4 Å². The Bertz CT molecular complexity index is 1150. The van der Waals surface area contributed by atoms with Crippen LogP contribution in [0.4, 0.5) is 19.0 Å². The lowest BCUT2D eigenvalue weighted by molar-refractivity contribution is -0.141. The number of alkyl halides is 3. The van der Waals surface area contributed by atoms with Gasteiger partial charge in [-0.3, -0.25) is 0 Å². The summed E-state index contributed by atoms with van der Waals surface area (Å²) in [5.74, 6) is 3.26. The van der Waals surface area contributed by atoms with E-state index in [2.05, 4.69) is 27.3 Å². The van der Waals surface area contributed by atoms with E-state index in [1.165, 1.54) is 38.2 Å². The highest BCUT2D eigenvalue weighted by Crippen LogP contribution is 2.32. The second kappa shape index (κ2) is 11.5. The SMILES string of the molecule is Cc1nc(C(F)(F)F)ccc1CNCC1CCC(CCCc2nc(N(C)C)c3ccccc3n2)CC1. The van der Waals surface area contributed by atoms with Gasteiger partial charge in [-0.15, -0.1) is 0 Å². The van der Waals surface area contributed by atoms with E-state index in [9.17, 15) is 13.2 Å². The van der Waals surface area contributed by atoms with Crippen LogP contribution < -0.4 is 10.2 Å². The van der Waals surface area contributed by atoms with Crippen LogP contribution in [0.1, 0.15) is 61.3 Å². The molecule has 1 aromatic carbocycles. The van der Waals surface area contributed by atoms with Crippen molar-refractivity contribution in [3.8, 4) is 0 Å². The number of hydrogen-bond acceptors (Lipinski definition) is 5. The monoisotopic (exact) mass is 499 g/mol. The second-order valence-corrected chi connectivity index (χ2v) is 10.2. The summed E-state index contributed by atoms with van der Waals surface area (Å²) in [6.45, 7) is 3.09. The normalized spacial score (nSPS) is 18.5. The van der Waals surface area contributed by atoms with Gasteiger partial charge in [-0.2, -0.15) is 13.2 Å². The van der Waals surface area contributed by atoms with E-state index in [1.54, 1.807) is 6.92 Å². The van der Waals surface area contributed by atoms with E-state index in [-0.39, 0.29) is 0 Å². The number of hydrogen-bond donors (Lipinski definition) is 1. The number of anilines is 1. The summed E-state index contributed by atoms with van der Waals surface area (Å²) in [4.78, 5) is 15.4. The minimum atomic E-state index is -4.40. The van der Waals surface area contributed by atoms with Gasteiger partial charge in [0.2, 0.25) is 0 Å². The van der Waals surface area contributed by atoms with E-state index in [0.717, 1.165) is 59.5 Å². The molecule has 36 heavy (non-hydrogen) atoms. The van der Waals surface area contributed by atoms with Gasteiger partial charge in [0.05, 0.1) is 5.52 Å². The van der Waals surface area contributed by atoms with Gasteiger partial charge in [0, 0.05) is 38.1 Å². The molecule has 1 aliphatic carbocycles. The van der Waals surface area contributed by atoms with Crippen LogP contribution in [0, 0.1) is 18.8 Å². The maximum Gasteiger partial charge on any atom is 0.433 e. The third-order valence-corrected chi connectivity index (χ3v) is 7.27. The van der Waals surface area contributed by atoms with Crippen molar-refractivity contribution in [3.63, 3.8) is 0 Å². The first-order valence-corrected chi connectivity index (χ1v) is 12.9. The molecule has 2 aromatic heterocycles. The Balaban J connectivity index is 1.19. The van der Waals surface area contributed by atoms with Gasteiger partial charge in [0.25, 0.3) is 0 Å². The predicted molar refractivity (Wildman–Crippen MR) is 138 cm³/mol. The van der Waals surface area contributed by atoms with E-state index in [4.69, 9.17) is 9.97 Å². The quantitative estimate of drug-likeness (QED) is 0.373. The van der Waals surface area contributed by atoms with Crippen LogP contribution in [0.3, 0.4) is 0 Å². The molecule has 4 rings (SSSR count). The first-order chi connectivity index (χ1) is 17.2. The molecular weight excluding hydrogens is 463 g/mol. The van der Waals surface area contributed by atoms with Crippen LogP contribution in [-0.2, 0) is 19.1 Å². The van der Waals surface area contributed by atoms with Crippen molar-refractivity contribution in [3.05, 3.63) is 59.2 Å². The molecule has 0 saturated heterocycles. The number of aryl methyl sites for hydroxylation is 2. The average molecular weight is 500 g/mol. The summed E-state index contributed by atoms with van der Waals surface area (Å²) in [5.41, 5.74) is 1.44. The maximum atomic E-state index is 12.8. The third-order valence-electron chi connectivity index (χ3n) is 7.27. The van der Waals surface area contributed by atoms with Gasteiger partial charge < -0.3 is 10.2 Å². The molecule has 1 aliphatic rings. The van der Waals surface area contributed by atoms with Gasteiger partial charge in [0.15, 0.2) is 0 Å². The standard InChI is InChI=1S/C28H36F3N5/c1-19-22(15-16-25(33-19)28(29,30)31)18-32-17-21-13-11-20(12-14-21)7-6-10-26-34-24-9-5-4-8-23(24)27(35-26)36(2)3/h4-5,8-9,15-16,20-21,32H,6-7,10-14,17-18H2,1-3H3. The van der Waals surface area contributed by atoms with Crippen LogP contribution in [-0.4, -0.2) is 35.6 Å². The molecule has 1 saturated carbocycles. The van der Waals surface area contributed by atoms with Gasteiger partial charge in [0.1, 0.15) is 17.3 Å². The van der Waals surface area contributed by atoms with Gasteiger partial charge in [-0.05, 0) is 68.3 Å². The average Bonchev–Trinajstić information content (AvgIpc) is 2.84. The number of fused-ring (bicyclic) bond motifs is 1. The van der Waals surface area contributed by atoms with E-state index in [1.807, 2.05) is 26.2 Å². The van der Waals surface area contributed by atoms with Crippen molar-refractivity contribution in [1.82, 2.24) is 20.3 Å². The van der Waals surface area contributed by atoms with Crippen molar-refractivity contribution in [2.45, 2.75) is 64.6 Å². The summed E-state index contributed by atoms with van der Waals surface area (Å²) in [6.07, 6.45) is 3.64. The molecule has 5 nitrogen and oxygen atoms in total. The molecule has 3 aromatic rings. The Kier molecular flexibility index (Phi) is 8.44. The Morgan fingerprint density at radius 3 is 2.36 bits per heavy atom. The number of benzene rings is 1. The number of aromatic nitrogens is 3. The highest BCUT2D eigenvalue weighted by Gasteiger charge is 2.32. The lowest BCUT2D eigenvalue weighted by Crippen LogP contribution is -2.26. The van der Waals surface area contributed by atoms with Crippen LogP contribution in [0.2, 0.25) is 0 Å². The number of pyridine rings is 1. The summed E-state index contributed by atoms with van der Waals surface area (Å²) in [7, 11) is 4.04. The fraction of sp³-hybridized carbons (Fsp3) is 0.536. The number of nitrogens with zero attached hydrogens (tertiary/aromatic N) is 4. The van der Waals surface area contributed by atoms with Crippen molar-refractivity contribution < 1.29 is 13.2 Å². The Hall–Kier alpha value is -2.74. The van der Waals surface area contributed by atoms with Gasteiger partial charge in [-0.25, -0.2) is 15.0 Å². The topological polar surface area (TPSA) is 53.9 Å². The second-order valence-electron chi connectivity index (χ2n) is 10.2. The molecule has 1 N–H and O–H groups in total. The molecule has 0 bridgehead atoms. The van der Waals surface area contributed by atoms with Gasteiger partial charge >= 0.3 is 6.18 Å². The number of para-hydroxylation sites is 1. The minimum absolute atomic E-state index is 0.439. The molecule has 0 radical (unpaired) electrons. The zero-order valence-electron chi connectivity index (χ0n) is 21.4. The minimum Gasteiger partial charge on any atom is -0.362 e. The number of nitrogens with one attached hydrogen (secondary N) is 1. The zero-order chi connectivity index (χ0) is 25.7. The van der Waals surface area contributed by atoms with E-state index < -0.39 is 11.9 Å². The molecular formula is C28H36F3N5. The number of rotatable bonds is 9. The Morgan fingerprint density at radius 1 is 0.944 bits per heavy atom. The molecule has 0 amide bonds. The fourth-order valence-electron chi connectivity index (χ4n) is 5.18. The van der Waals surface area contributed by atoms with Crippen molar-refractivity contribution in [1.29, 1.82) is 0 Å². The largest absolute Gasteiger partial charge is 0.433 e. The lowest BCUT2D eigenvalue weighted by atomic mass is 9.80. The third kappa shape index (κ3) is 6.72. The molecule has 2 heterocycles. The summed E-state index contributed by atoms with van der Waals surface area (Å²) < 4.78 is 38.4. The molecule has 0 spiro atoms. The first-order valence-electron chi connectivity index (χ1n) is 12.9. The summed E-state index contributed by atoms with van der Waals surface area (Å²) >= 11 is 0. The van der Waals surface area contributed by atoms with Crippen LogP contribution in [0.25, 0.3) is 10.9 Å². The molecule has 0 aliphatic heterocycles. The van der Waals surface area contributed by atoms with Crippen LogP contribution in [0.5, 0.6) is 0 Å². The maximum absolute atomic E-state index is 12.8. The van der Waals surface area contributed by atoms with Crippen LogP contribution >= 0.6 is 0 Å². The summed E-state index contributed by atoms with van der Waals surface area (Å²) in [5, 5.41) is 4.52. The smallest absolute Gasteiger partial charge is 0.362 e. The summed E-state index contributed by atoms with van der Waals surface area (Å²) in [6, 6.07) is 10.8. The van der Waals surface area contributed by atoms with Crippen molar-refractivity contribution in [2.24, 2.45) is 11.8 Å². The van der Waals surface area contributed by atoms with Gasteiger partial charge in [-0.1, -0.05) is 37.5 Å². The fourth-order valence-corrected chi connectivity index (χ4v) is 5.18. The van der Waals surface area contributed by atoms with Crippen molar-refractivity contribution in [2.75, 3.05) is 25.5 Å². The van der Waals surface area contributed by atoms with E-state index >= 15 is 0 Å². The molecule has 0 atom stereocenters. The molecule has 8 heteroatoms. The Morgan fingerprint density at radius 2 is 1.67 bits per heavy atom.